The number of rotatable bonds is 6. The van der Waals surface area contributed by atoms with E-state index in [4.69, 9.17) is 0 Å². The monoisotopic (exact) mass is 475 g/mol. The SMILES string of the molecule is Cc1cc(Nc2ccc(CNC(=O)C3CNC(=O)C3)cc2)cnc1N1CCC(C(F)(F)F)CC1. The molecule has 34 heavy (non-hydrogen) atoms. The van der Waals surface area contributed by atoms with Gasteiger partial charge in [0.15, 0.2) is 0 Å². The van der Waals surface area contributed by atoms with Crippen molar-refractivity contribution in [2.45, 2.75) is 38.9 Å². The molecule has 7 nitrogen and oxygen atoms in total. The standard InChI is InChI=1S/C24H28F3N5O2/c1-15-10-20(14-29-22(15)32-8-6-18(7-9-32)24(25,26)27)31-19-4-2-16(3-5-19)12-30-23(34)17-11-21(33)28-13-17/h2-5,10,14,17-18,31H,6-9,11-13H2,1H3,(H,28,33)(H,30,34). The lowest BCUT2D eigenvalue weighted by Gasteiger charge is -2.34. The second-order valence-electron chi connectivity index (χ2n) is 8.91. The summed E-state index contributed by atoms with van der Waals surface area (Å²) >= 11 is 0. The van der Waals surface area contributed by atoms with E-state index in [1.807, 2.05) is 42.2 Å². The second-order valence-corrected chi connectivity index (χ2v) is 8.91. The molecule has 0 saturated carbocycles. The molecule has 4 rings (SSSR count). The summed E-state index contributed by atoms with van der Waals surface area (Å²) in [4.78, 5) is 29.8. The molecule has 0 radical (unpaired) electrons. The van der Waals surface area contributed by atoms with Gasteiger partial charge in [0.05, 0.1) is 23.7 Å². The highest BCUT2D eigenvalue weighted by molar-refractivity contribution is 5.89. The van der Waals surface area contributed by atoms with Crippen LogP contribution in [0.5, 0.6) is 0 Å². The smallest absolute Gasteiger partial charge is 0.356 e. The van der Waals surface area contributed by atoms with E-state index >= 15 is 0 Å². The van der Waals surface area contributed by atoms with E-state index in [-0.39, 0.29) is 37.0 Å². The van der Waals surface area contributed by atoms with E-state index in [1.165, 1.54) is 0 Å². The largest absolute Gasteiger partial charge is 0.391 e. The Morgan fingerprint density at radius 3 is 2.47 bits per heavy atom. The van der Waals surface area contributed by atoms with Gasteiger partial charge in [-0.2, -0.15) is 13.2 Å². The number of anilines is 3. The van der Waals surface area contributed by atoms with Gasteiger partial charge in [-0.25, -0.2) is 4.98 Å². The molecule has 2 aliphatic heterocycles. The lowest BCUT2D eigenvalue weighted by molar-refractivity contribution is -0.179. The van der Waals surface area contributed by atoms with Crippen molar-refractivity contribution in [3.8, 4) is 0 Å². The molecule has 3 N–H and O–H groups in total. The Morgan fingerprint density at radius 1 is 1.18 bits per heavy atom. The zero-order valence-corrected chi connectivity index (χ0v) is 18.9. The Labute approximate surface area is 196 Å². The molecule has 0 aliphatic carbocycles. The van der Waals surface area contributed by atoms with Crippen molar-refractivity contribution in [2.24, 2.45) is 11.8 Å². The van der Waals surface area contributed by atoms with Gasteiger partial charge in [0, 0.05) is 38.3 Å². The van der Waals surface area contributed by atoms with Crippen LogP contribution in [0.1, 0.15) is 30.4 Å². The van der Waals surface area contributed by atoms with Crippen molar-refractivity contribution in [2.75, 3.05) is 29.9 Å². The first-order valence-corrected chi connectivity index (χ1v) is 11.4. The van der Waals surface area contributed by atoms with Crippen molar-refractivity contribution in [3.63, 3.8) is 0 Å². The third kappa shape index (κ3) is 5.78. The number of carbonyl (C=O) groups is 2. The summed E-state index contributed by atoms with van der Waals surface area (Å²) in [7, 11) is 0. The lowest BCUT2D eigenvalue weighted by Crippen LogP contribution is -2.39. The van der Waals surface area contributed by atoms with Crippen LogP contribution < -0.4 is 20.9 Å². The van der Waals surface area contributed by atoms with Gasteiger partial charge in [-0.3, -0.25) is 9.59 Å². The van der Waals surface area contributed by atoms with Gasteiger partial charge in [0.1, 0.15) is 5.82 Å². The predicted molar refractivity (Wildman–Crippen MR) is 123 cm³/mol. The van der Waals surface area contributed by atoms with Crippen LogP contribution in [-0.2, 0) is 16.1 Å². The van der Waals surface area contributed by atoms with E-state index in [9.17, 15) is 22.8 Å². The normalized spacial score (nSPS) is 19.1. The first-order valence-electron chi connectivity index (χ1n) is 11.4. The number of hydrogen-bond donors (Lipinski definition) is 3. The number of hydrogen-bond acceptors (Lipinski definition) is 5. The first kappa shape index (κ1) is 23.8. The fraction of sp³-hybridized carbons (Fsp3) is 0.458. The molecule has 1 aromatic heterocycles. The Balaban J connectivity index is 1.29. The van der Waals surface area contributed by atoms with Crippen molar-refractivity contribution in [3.05, 3.63) is 47.7 Å². The Hall–Kier alpha value is -3.30. The highest BCUT2D eigenvalue weighted by Crippen LogP contribution is 2.35. The number of piperidine rings is 1. The van der Waals surface area contributed by atoms with Gasteiger partial charge < -0.3 is 20.9 Å². The molecule has 2 amide bonds. The summed E-state index contributed by atoms with van der Waals surface area (Å²) in [5.74, 6) is -1.06. The number of nitrogens with one attached hydrogen (secondary N) is 3. The van der Waals surface area contributed by atoms with E-state index in [1.54, 1.807) is 6.20 Å². The van der Waals surface area contributed by atoms with E-state index in [0.717, 1.165) is 28.3 Å². The Bertz CT molecular complexity index is 1030. The summed E-state index contributed by atoms with van der Waals surface area (Å²) in [6.07, 6.45) is -2.03. The minimum absolute atomic E-state index is 0.0904. The van der Waals surface area contributed by atoms with Gasteiger partial charge in [0.25, 0.3) is 0 Å². The molecule has 0 bridgehead atoms. The van der Waals surface area contributed by atoms with Gasteiger partial charge in [0.2, 0.25) is 11.8 Å². The van der Waals surface area contributed by atoms with E-state index in [0.29, 0.717) is 26.2 Å². The van der Waals surface area contributed by atoms with Crippen molar-refractivity contribution >= 4 is 29.0 Å². The molecule has 10 heteroatoms. The number of pyridine rings is 1. The maximum absolute atomic E-state index is 12.9. The van der Waals surface area contributed by atoms with Gasteiger partial charge in [-0.05, 0) is 49.1 Å². The van der Waals surface area contributed by atoms with Gasteiger partial charge in [-0.15, -0.1) is 0 Å². The molecule has 0 spiro atoms. The molecule has 2 aromatic rings. The number of alkyl halides is 3. The van der Waals surface area contributed by atoms with Crippen LogP contribution in [0.2, 0.25) is 0 Å². The quantitative estimate of drug-likeness (QED) is 0.594. The molecule has 3 heterocycles. The molecule has 2 aliphatic rings. The number of aromatic nitrogens is 1. The second kappa shape index (κ2) is 9.90. The van der Waals surface area contributed by atoms with E-state index < -0.39 is 12.1 Å². The third-order valence-corrected chi connectivity index (χ3v) is 6.37. The fourth-order valence-corrected chi connectivity index (χ4v) is 4.38. The zero-order valence-electron chi connectivity index (χ0n) is 18.9. The maximum atomic E-state index is 12.9. The molecular weight excluding hydrogens is 447 g/mol. The first-order chi connectivity index (χ1) is 16.2. The third-order valence-electron chi connectivity index (χ3n) is 6.37. The van der Waals surface area contributed by atoms with Crippen LogP contribution in [0.3, 0.4) is 0 Å². The topological polar surface area (TPSA) is 86.4 Å². The summed E-state index contributed by atoms with van der Waals surface area (Å²) in [6.45, 7) is 3.35. The minimum atomic E-state index is -4.13. The van der Waals surface area contributed by atoms with Crippen LogP contribution in [0.4, 0.5) is 30.4 Å². The molecule has 1 aromatic carbocycles. The van der Waals surface area contributed by atoms with Crippen molar-refractivity contribution < 1.29 is 22.8 Å². The number of carbonyl (C=O) groups excluding carboxylic acids is 2. The zero-order chi connectivity index (χ0) is 24.3. The van der Waals surface area contributed by atoms with Crippen molar-refractivity contribution in [1.29, 1.82) is 0 Å². The molecular formula is C24H28F3N5O2. The molecule has 1 atom stereocenters. The molecule has 2 fully saturated rings. The van der Waals surface area contributed by atoms with E-state index in [2.05, 4.69) is 20.9 Å². The summed E-state index contributed by atoms with van der Waals surface area (Å²) < 4.78 is 38.7. The predicted octanol–water partition coefficient (Wildman–Crippen LogP) is 3.66. The van der Waals surface area contributed by atoms with Gasteiger partial charge in [-0.1, -0.05) is 12.1 Å². The lowest BCUT2D eigenvalue weighted by atomic mass is 9.96. The fourth-order valence-electron chi connectivity index (χ4n) is 4.38. The number of benzene rings is 1. The molecule has 1 unspecified atom stereocenters. The van der Waals surface area contributed by atoms with Crippen LogP contribution in [0, 0.1) is 18.8 Å². The number of amides is 2. The van der Waals surface area contributed by atoms with Crippen LogP contribution in [0.15, 0.2) is 36.5 Å². The average Bonchev–Trinajstić information content (AvgIpc) is 3.24. The number of nitrogens with zero attached hydrogens (tertiary/aromatic N) is 2. The number of halogens is 3. The van der Waals surface area contributed by atoms with Gasteiger partial charge >= 0.3 is 6.18 Å². The minimum Gasteiger partial charge on any atom is -0.356 e. The Kier molecular flexibility index (Phi) is 6.95. The summed E-state index contributed by atoms with van der Waals surface area (Å²) in [6, 6.07) is 9.53. The highest BCUT2D eigenvalue weighted by atomic mass is 19.4. The summed E-state index contributed by atoms with van der Waals surface area (Å²) in [5.41, 5.74) is 3.46. The maximum Gasteiger partial charge on any atom is 0.391 e. The molecule has 2 saturated heterocycles. The Morgan fingerprint density at radius 2 is 1.88 bits per heavy atom. The molecule has 182 valence electrons. The average molecular weight is 476 g/mol. The summed E-state index contributed by atoms with van der Waals surface area (Å²) in [5, 5.41) is 8.79. The van der Waals surface area contributed by atoms with Crippen LogP contribution in [-0.4, -0.2) is 42.6 Å². The number of aryl methyl sites for hydroxylation is 1. The van der Waals surface area contributed by atoms with Crippen LogP contribution in [0.25, 0.3) is 0 Å². The van der Waals surface area contributed by atoms with Crippen molar-refractivity contribution in [1.82, 2.24) is 15.6 Å². The van der Waals surface area contributed by atoms with Crippen LogP contribution >= 0.6 is 0 Å². The highest BCUT2D eigenvalue weighted by Gasteiger charge is 2.41.